The lowest BCUT2D eigenvalue weighted by Crippen LogP contribution is -2.46. The number of hydrogen-bond donors (Lipinski definition) is 2. The number of nitrogens with one attached hydrogen (secondary N) is 2. The fraction of sp³-hybridized carbons (Fsp3) is 0.636. The van der Waals surface area contributed by atoms with Crippen LogP contribution in [-0.2, 0) is 20.0 Å². The first kappa shape index (κ1) is 25.1. The molecule has 2 aromatic rings. The summed E-state index contributed by atoms with van der Waals surface area (Å²) in [6.45, 7) is 10.9. The first-order valence-corrected chi connectivity index (χ1v) is 11.5. The predicted octanol–water partition coefficient (Wildman–Crippen LogP) is 3.72. The largest absolute Gasteiger partial charge is 0.356 e. The standard InChI is InChI=1S/C22H36N6S.HI/c1-16(13-21-17(2)26-27(5)18(21)3)25-22(23-4)24-14-19-8-10-28(11-9-19)15-20-7-6-12-29-20;/h6-7,12,16,19H,8-11,13-15H2,1-5H3,(H2,23,24,25);1H. The molecule has 6 nitrogen and oxygen atoms in total. The van der Waals surface area contributed by atoms with Gasteiger partial charge in [0.15, 0.2) is 5.96 Å². The van der Waals surface area contributed by atoms with Crippen molar-refractivity contribution in [3.05, 3.63) is 39.3 Å². The van der Waals surface area contributed by atoms with E-state index in [-0.39, 0.29) is 24.0 Å². The maximum absolute atomic E-state index is 4.53. The number of halogens is 1. The molecule has 8 heteroatoms. The molecule has 0 aromatic carbocycles. The van der Waals surface area contributed by atoms with Crippen LogP contribution in [-0.4, -0.2) is 53.4 Å². The molecule has 168 valence electrons. The Bertz CT molecular complexity index is 793. The van der Waals surface area contributed by atoms with Gasteiger partial charge >= 0.3 is 0 Å². The summed E-state index contributed by atoms with van der Waals surface area (Å²) < 4.78 is 1.97. The molecule has 0 spiro atoms. The average Bonchev–Trinajstić information content (AvgIpc) is 3.30. The van der Waals surface area contributed by atoms with Gasteiger partial charge in [-0.2, -0.15) is 5.10 Å². The van der Waals surface area contributed by atoms with E-state index in [0.29, 0.717) is 12.0 Å². The van der Waals surface area contributed by atoms with Gasteiger partial charge in [0.1, 0.15) is 0 Å². The third-order valence-electron chi connectivity index (χ3n) is 6.00. The molecule has 1 saturated heterocycles. The van der Waals surface area contributed by atoms with Crippen molar-refractivity contribution in [3.8, 4) is 0 Å². The highest BCUT2D eigenvalue weighted by Gasteiger charge is 2.20. The van der Waals surface area contributed by atoms with Crippen LogP contribution in [0.2, 0.25) is 0 Å². The number of aromatic nitrogens is 2. The van der Waals surface area contributed by atoms with E-state index in [2.05, 4.69) is 63.9 Å². The highest BCUT2D eigenvalue weighted by molar-refractivity contribution is 14.0. The molecule has 3 rings (SSSR count). The molecule has 2 aromatic heterocycles. The Labute approximate surface area is 202 Å². The van der Waals surface area contributed by atoms with Crippen LogP contribution >= 0.6 is 35.3 Å². The van der Waals surface area contributed by atoms with E-state index >= 15 is 0 Å². The van der Waals surface area contributed by atoms with Crippen molar-refractivity contribution in [2.45, 2.75) is 52.6 Å². The number of nitrogens with zero attached hydrogens (tertiary/aromatic N) is 4. The molecule has 0 bridgehead atoms. The number of piperidine rings is 1. The Kier molecular flexibility index (Phi) is 10.1. The maximum atomic E-state index is 4.53. The number of rotatable bonds is 7. The van der Waals surface area contributed by atoms with Crippen molar-refractivity contribution < 1.29 is 0 Å². The van der Waals surface area contributed by atoms with Gasteiger partial charge in [0, 0.05) is 43.8 Å². The number of thiophene rings is 1. The third kappa shape index (κ3) is 6.95. The fourth-order valence-corrected chi connectivity index (χ4v) is 4.86. The lowest BCUT2D eigenvalue weighted by Gasteiger charge is -2.32. The molecule has 0 radical (unpaired) electrons. The van der Waals surface area contributed by atoms with Crippen LogP contribution in [0.3, 0.4) is 0 Å². The molecule has 1 aliphatic rings. The van der Waals surface area contributed by atoms with E-state index in [4.69, 9.17) is 0 Å². The van der Waals surface area contributed by atoms with E-state index in [1.165, 1.54) is 42.1 Å². The van der Waals surface area contributed by atoms with Crippen molar-refractivity contribution in [2.24, 2.45) is 18.0 Å². The molecular formula is C22H37IN6S. The van der Waals surface area contributed by atoms with Crippen LogP contribution in [0.15, 0.2) is 22.5 Å². The van der Waals surface area contributed by atoms with Gasteiger partial charge in [-0.3, -0.25) is 14.6 Å². The van der Waals surface area contributed by atoms with Crippen LogP contribution in [0.5, 0.6) is 0 Å². The molecule has 1 aliphatic heterocycles. The van der Waals surface area contributed by atoms with Gasteiger partial charge in [-0.05, 0) is 76.1 Å². The third-order valence-corrected chi connectivity index (χ3v) is 6.86. The van der Waals surface area contributed by atoms with Gasteiger partial charge in [-0.25, -0.2) is 0 Å². The van der Waals surface area contributed by atoms with E-state index in [1.807, 2.05) is 30.1 Å². The summed E-state index contributed by atoms with van der Waals surface area (Å²) in [5.41, 5.74) is 3.70. The normalized spacial score (nSPS) is 16.9. The Morgan fingerprint density at radius 1 is 1.33 bits per heavy atom. The van der Waals surface area contributed by atoms with E-state index in [0.717, 1.165) is 31.2 Å². The van der Waals surface area contributed by atoms with E-state index in [9.17, 15) is 0 Å². The quantitative estimate of drug-likeness (QED) is 0.317. The van der Waals surface area contributed by atoms with Gasteiger partial charge < -0.3 is 10.6 Å². The van der Waals surface area contributed by atoms with E-state index < -0.39 is 0 Å². The van der Waals surface area contributed by atoms with Crippen LogP contribution < -0.4 is 10.6 Å². The van der Waals surface area contributed by atoms with Crippen LogP contribution in [0.25, 0.3) is 0 Å². The molecule has 0 aliphatic carbocycles. The summed E-state index contributed by atoms with van der Waals surface area (Å²) in [6.07, 6.45) is 3.45. The van der Waals surface area contributed by atoms with Gasteiger partial charge in [0.25, 0.3) is 0 Å². The first-order valence-electron chi connectivity index (χ1n) is 10.7. The van der Waals surface area contributed by atoms with Gasteiger partial charge in [-0.1, -0.05) is 6.07 Å². The predicted molar refractivity (Wildman–Crippen MR) is 138 cm³/mol. The number of guanidine groups is 1. The Hall–Kier alpha value is -1.13. The minimum Gasteiger partial charge on any atom is -0.356 e. The molecule has 1 unspecified atom stereocenters. The van der Waals surface area contributed by atoms with Crippen LogP contribution in [0, 0.1) is 19.8 Å². The summed E-state index contributed by atoms with van der Waals surface area (Å²) >= 11 is 1.86. The van der Waals surface area contributed by atoms with E-state index in [1.54, 1.807) is 0 Å². The minimum atomic E-state index is 0. The topological polar surface area (TPSA) is 57.5 Å². The van der Waals surface area contributed by atoms with Gasteiger partial charge in [-0.15, -0.1) is 35.3 Å². The second-order valence-electron chi connectivity index (χ2n) is 8.27. The number of aliphatic imine (C=N–C) groups is 1. The summed E-state index contributed by atoms with van der Waals surface area (Å²) in [6, 6.07) is 4.69. The SMILES string of the molecule is CN=C(NCC1CCN(Cc2cccs2)CC1)NC(C)Cc1c(C)nn(C)c1C.I. The summed E-state index contributed by atoms with van der Waals surface area (Å²) in [7, 11) is 3.86. The zero-order valence-corrected chi connectivity index (χ0v) is 22.1. The Morgan fingerprint density at radius 2 is 2.07 bits per heavy atom. The lowest BCUT2D eigenvalue weighted by atomic mass is 9.97. The first-order chi connectivity index (χ1) is 14.0. The molecule has 30 heavy (non-hydrogen) atoms. The molecule has 2 N–H and O–H groups in total. The van der Waals surface area contributed by atoms with Gasteiger partial charge in [0.2, 0.25) is 0 Å². The zero-order chi connectivity index (χ0) is 20.8. The highest BCUT2D eigenvalue weighted by atomic mass is 127. The molecule has 0 saturated carbocycles. The number of hydrogen-bond acceptors (Lipinski definition) is 4. The molecule has 0 amide bonds. The molecule has 3 heterocycles. The summed E-state index contributed by atoms with van der Waals surface area (Å²) in [5, 5.41) is 13.8. The van der Waals surface area contributed by atoms with Crippen molar-refractivity contribution in [1.29, 1.82) is 0 Å². The van der Waals surface area contributed by atoms with Crippen molar-refractivity contribution in [3.63, 3.8) is 0 Å². The highest BCUT2D eigenvalue weighted by Crippen LogP contribution is 2.20. The van der Waals surface area contributed by atoms with Crippen LogP contribution in [0.4, 0.5) is 0 Å². The maximum Gasteiger partial charge on any atom is 0.191 e. The molecular weight excluding hydrogens is 507 g/mol. The zero-order valence-electron chi connectivity index (χ0n) is 18.9. The Balaban J connectivity index is 0.00000320. The minimum absolute atomic E-state index is 0. The number of aryl methyl sites for hydroxylation is 2. The summed E-state index contributed by atoms with van der Waals surface area (Å²) in [5.74, 6) is 1.61. The van der Waals surface area contributed by atoms with Crippen molar-refractivity contribution in [2.75, 3.05) is 26.7 Å². The van der Waals surface area contributed by atoms with Crippen molar-refractivity contribution in [1.82, 2.24) is 25.3 Å². The Morgan fingerprint density at radius 3 is 2.63 bits per heavy atom. The summed E-state index contributed by atoms with van der Waals surface area (Å²) in [4.78, 5) is 8.48. The molecule has 1 fully saturated rings. The second kappa shape index (κ2) is 12.0. The van der Waals surface area contributed by atoms with Crippen LogP contribution in [0.1, 0.15) is 41.6 Å². The lowest BCUT2D eigenvalue weighted by molar-refractivity contribution is 0.179. The average molecular weight is 545 g/mol. The second-order valence-corrected chi connectivity index (χ2v) is 9.31. The number of likely N-dealkylation sites (tertiary alicyclic amines) is 1. The van der Waals surface area contributed by atoms with Crippen molar-refractivity contribution >= 4 is 41.3 Å². The monoisotopic (exact) mass is 544 g/mol. The molecule has 1 atom stereocenters. The smallest absolute Gasteiger partial charge is 0.191 e. The fourth-order valence-electron chi connectivity index (χ4n) is 4.11. The van der Waals surface area contributed by atoms with Gasteiger partial charge in [0.05, 0.1) is 5.69 Å².